The van der Waals surface area contributed by atoms with Gasteiger partial charge in [0.1, 0.15) is 0 Å². The van der Waals surface area contributed by atoms with Crippen LogP contribution in [0.5, 0.6) is 0 Å². The number of carbonyl (C=O) groups excluding carboxylic acids is 2. The molecule has 1 aromatic carbocycles. The molecule has 0 aromatic heterocycles. The Labute approximate surface area is 108 Å². The molecule has 0 heterocycles. The molecule has 3 nitrogen and oxygen atoms in total. The SMILES string of the molecule is CC(=O)c1ccc(C(C)NC(=O)C2CCC2)cc1. The Morgan fingerprint density at radius 2 is 1.83 bits per heavy atom. The first-order chi connectivity index (χ1) is 8.58. The van der Waals surface area contributed by atoms with E-state index in [4.69, 9.17) is 0 Å². The van der Waals surface area contributed by atoms with Crippen LogP contribution in [0.25, 0.3) is 0 Å². The van der Waals surface area contributed by atoms with Crippen molar-refractivity contribution in [2.75, 3.05) is 0 Å². The molecule has 1 amide bonds. The van der Waals surface area contributed by atoms with E-state index >= 15 is 0 Å². The van der Waals surface area contributed by atoms with Crippen molar-refractivity contribution in [2.24, 2.45) is 5.92 Å². The van der Waals surface area contributed by atoms with Gasteiger partial charge in [-0.2, -0.15) is 0 Å². The number of hydrogen-bond donors (Lipinski definition) is 1. The zero-order chi connectivity index (χ0) is 13.1. The molecule has 0 saturated heterocycles. The summed E-state index contributed by atoms with van der Waals surface area (Å²) in [6.45, 7) is 3.52. The molecule has 0 spiro atoms. The second kappa shape index (κ2) is 5.34. The quantitative estimate of drug-likeness (QED) is 0.829. The molecule has 3 heteroatoms. The van der Waals surface area contributed by atoms with Crippen molar-refractivity contribution in [3.8, 4) is 0 Å². The molecule has 0 aliphatic heterocycles. The molecular weight excluding hydrogens is 226 g/mol. The van der Waals surface area contributed by atoms with Gasteiger partial charge in [-0.15, -0.1) is 0 Å². The highest BCUT2D eigenvalue weighted by atomic mass is 16.2. The summed E-state index contributed by atoms with van der Waals surface area (Å²) in [4.78, 5) is 23.0. The van der Waals surface area contributed by atoms with Crippen LogP contribution >= 0.6 is 0 Å². The Balaban J connectivity index is 1.97. The largest absolute Gasteiger partial charge is 0.349 e. The van der Waals surface area contributed by atoms with Crippen molar-refractivity contribution in [2.45, 2.75) is 39.2 Å². The third-order valence-corrected chi connectivity index (χ3v) is 3.65. The van der Waals surface area contributed by atoms with Gasteiger partial charge in [-0.1, -0.05) is 30.7 Å². The molecular formula is C15H19NO2. The fourth-order valence-corrected chi connectivity index (χ4v) is 2.09. The van der Waals surface area contributed by atoms with Gasteiger partial charge in [0.05, 0.1) is 6.04 Å². The normalized spacial score (nSPS) is 16.8. The maximum Gasteiger partial charge on any atom is 0.223 e. The second-order valence-corrected chi connectivity index (χ2v) is 5.04. The fraction of sp³-hybridized carbons (Fsp3) is 0.467. The summed E-state index contributed by atoms with van der Waals surface area (Å²) < 4.78 is 0. The average molecular weight is 245 g/mol. The van der Waals surface area contributed by atoms with Crippen LogP contribution in [0, 0.1) is 5.92 Å². The lowest BCUT2D eigenvalue weighted by atomic mass is 9.84. The van der Waals surface area contributed by atoms with Crippen molar-refractivity contribution in [1.82, 2.24) is 5.32 Å². The van der Waals surface area contributed by atoms with Gasteiger partial charge in [0.15, 0.2) is 5.78 Å². The number of ketones is 1. The second-order valence-electron chi connectivity index (χ2n) is 5.04. The predicted molar refractivity (Wildman–Crippen MR) is 70.3 cm³/mol. The summed E-state index contributed by atoms with van der Waals surface area (Å²) in [5.41, 5.74) is 1.74. The Hall–Kier alpha value is -1.64. The van der Waals surface area contributed by atoms with E-state index in [0.717, 1.165) is 18.4 Å². The molecule has 1 aliphatic carbocycles. The summed E-state index contributed by atoms with van der Waals surface area (Å²) in [5.74, 6) is 0.432. The molecule has 1 aliphatic rings. The predicted octanol–water partition coefficient (Wildman–Crippen LogP) is 2.87. The summed E-state index contributed by atoms with van der Waals surface area (Å²) in [7, 11) is 0. The van der Waals surface area contributed by atoms with Crippen LogP contribution in [-0.4, -0.2) is 11.7 Å². The van der Waals surface area contributed by atoms with Crippen LogP contribution in [0.3, 0.4) is 0 Å². The summed E-state index contributed by atoms with van der Waals surface area (Å²) in [5, 5.41) is 3.02. The van der Waals surface area contributed by atoms with Gasteiger partial charge in [-0.3, -0.25) is 9.59 Å². The van der Waals surface area contributed by atoms with E-state index in [1.807, 2.05) is 31.2 Å². The van der Waals surface area contributed by atoms with Gasteiger partial charge in [-0.25, -0.2) is 0 Å². The third kappa shape index (κ3) is 2.78. The van der Waals surface area contributed by atoms with Gasteiger partial charge in [0.2, 0.25) is 5.91 Å². The van der Waals surface area contributed by atoms with Gasteiger partial charge in [0.25, 0.3) is 0 Å². The van der Waals surface area contributed by atoms with E-state index in [2.05, 4.69) is 5.32 Å². The minimum absolute atomic E-state index is 0.000826. The maximum absolute atomic E-state index is 11.8. The van der Waals surface area contributed by atoms with Gasteiger partial charge in [0, 0.05) is 11.5 Å². The number of hydrogen-bond acceptors (Lipinski definition) is 2. The highest BCUT2D eigenvalue weighted by Crippen LogP contribution is 2.27. The van der Waals surface area contributed by atoms with E-state index in [1.54, 1.807) is 6.92 Å². The van der Waals surface area contributed by atoms with Crippen LogP contribution in [0.4, 0.5) is 0 Å². The zero-order valence-electron chi connectivity index (χ0n) is 10.9. The van der Waals surface area contributed by atoms with Crippen molar-refractivity contribution >= 4 is 11.7 Å². The zero-order valence-corrected chi connectivity index (χ0v) is 10.9. The molecule has 96 valence electrons. The third-order valence-electron chi connectivity index (χ3n) is 3.65. The van der Waals surface area contributed by atoms with Gasteiger partial charge in [-0.05, 0) is 32.3 Å². The first-order valence-corrected chi connectivity index (χ1v) is 6.49. The Kier molecular flexibility index (Phi) is 3.80. The average Bonchev–Trinajstić information content (AvgIpc) is 2.26. The lowest BCUT2D eigenvalue weighted by Crippen LogP contribution is -2.35. The number of Topliss-reactive ketones (excluding diaryl/α,β-unsaturated/α-hetero) is 1. The molecule has 1 fully saturated rings. The van der Waals surface area contributed by atoms with Crippen molar-refractivity contribution in [3.63, 3.8) is 0 Å². The number of benzene rings is 1. The standard InChI is InChI=1S/C15H19NO2/c1-10(16-15(18)14-4-3-5-14)12-6-8-13(9-7-12)11(2)17/h6-10,14H,3-5H2,1-2H3,(H,16,18). The molecule has 1 atom stereocenters. The van der Waals surface area contributed by atoms with E-state index in [9.17, 15) is 9.59 Å². The lowest BCUT2D eigenvalue weighted by molar-refractivity contribution is -0.128. The number of nitrogens with one attached hydrogen (secondary N) is 1. The molecule has 0 radical (unpaired) electrons. The smallest absolute Gasteiger partial charge is 0.223 e. The fourth-order valence-electron chi connectivity index (χ4n) is 2.09. The summed E-state index contributed by atoms with van der Waals surface area (Å²) in [6.07, 6.45) is 3.20. The molecule has 2 rings (SSSR count). The minimum atomic E-state index is -0.000826. The minimum Gasteiger partial charge on any atom is -0.349 e. The highest BCUT2D eigenvalue weighted by molar-refractivity contribution is 5.94. The maximum atomic E-state index is 11.8. The van der Waals surface area contributed by atoms with Gasteiger partial charge >= 0.3 is 0 Å². The first-order valence-electron chi connectivity index (χ1n) is 6.49. The van der Waals surface area contributed by atoms with E-state index in [-0.39, 0.29) is 23.7 Å². The number of rotatable bonds is 4. The van der Waals surface area contributed by atoms with Gasteiger partial charge < -0.3 is 5.32 Å². The van der Waals surface area contributed by atoms with Crippen molar-refractivity contribution < 1.29 is 9.59 Å². The van der Waals surface area contributed by atoms with Crippen molar-refractivity contribution in [1.29, 1.82) is 0 Å². The van der Waals surface area contributed by atoms with E-state index < -0.39 is 0 Å². The molecule has 0 bridgehead atoms. The molecule has 18 heavy (non-hydrogen) atoms. The molecule has 1 unspecified atom stereocenters. The van der Waals surface area contributed by atoms with Crippen molar-refractivity contribution in [3.05, 3.63) is 35.4 Å². The van der Waals surface area contributed by atoms with Crippen LogP contribution in [-0.2, 0) is 4.79 Å². The van der Waals surface area contributed by atoms with Crippen LogP contribution < -0.4 is 5.32 Å². The Morgan fingerprint density at radius 3 is 2.28 bits per heavy atom. The monoisotopic (exact) mass is 245 g/mol. The molecule has 1 saturated carbocycles. The number of amides is 1. The van der Waals surface area contributed by atoms with Crippen LogP contribution in [0.15, 0.2) is 24.3 Å². The highest BCUT2D eigenvalue weighted by Gasteiger charge is 2.26. The molecule has 1 aromatic rings. The summed E-state index contributed by atoms with van der Waals surface area (Å²) in [6, 6.07) is 7.43. The topological polar surface area (TPSA) is 46.2 Å². The Bertz CT molecular complexity index is 446. The van der Waals surface area contributed by atoms with Crippen LogP contribution in [0.1, 0.15) is 55.1 Å². The Morgan fingerprint density at radius 1 is 1.22 bits per heavy atom. The van der Waals surface area contributed by atoms with E-state index in [0.29, 0.717) is 5.56 Å². The summed E-state index contributed by atoms with van der Waals surface area (Å²) >= 11 is 0. The molecule has 1 N–H and O–H groups in total. The van der Waals surface area contributed by atoms with E-state index in [1.165, 1.54) is 6.42 Å². The number of carbonyl (C=O) groups is 2. The lowest BCUT2D eigenvalue weighted by Gasteiger charge is -2.26. The first kappa shape index (κ1) is 12.8. The van der Waals surface area contributed by atoms with Crippen LogP contribution in [0.2, 0.25) is 0 Å².